The van der Waals surface area contributed by atoms with Crippen LogP contribution in [0, 0.1) is 0 Å². The van der Waals surface area contributed by atoms with Crippen molar-refractivity contribution in [2.75, 3.05) is 13.2 Å². The second-order valence-electron chi connectivity index (χ2n) is 20.5. The molecule has 0 aliphatic heterocycles. The molecule has 0 heterocycles. The molecule has 0 radical (unpaired) electrons. The quantitative estimate of drug-likeness (QED) is 0.0261. The third-order valence-electron chi connectivity index (χ3n) is 13.0. The Kier molecular flexibility index (Phi) is 61.4. The van der Waals surface area contributed by atoms with E-state index in [-0.39, 0.29) is 37.5 Å². The summed E-state index contributed by atoms with van der Waals surface area (Å²) in [4.78, 5) is 38.3. The van der Waals surface area contributed by atoms with Gasteiger partial charge >= 0.3 is 17.9 Å². The second kappa shape index (κ2) is 65.5. The maximum atomic E-state index is 12.9. The Bertz CT molecular complexity index is 1780. The highest BCUT2D eigenvalue weighted by molar-refractivity contribution is 5.71. The fourth-order valence-electron chi connectivity index (χ4n) is 8.28. The maximum absolute atomic E-state index is 12.9. The molecule has 79 heavy (non-hydrogen) atoms. The minimum Gasteiger partial charge on any atom is -0.462 e. The lowest BCUT2D eigenvalue weighted by Crippen LogP contribution is -2.30. The smallest absolute Gasteiger partial charge is 0.306 e. The van der Waals surface area contributed by atoms with Gasteiger partial charge in [-0.1, -0.05) is 262 Å². The van der Waals surface area contributed by atoms with Gasteiger partial charge in [-0.25, -0.2) is 0 Å². The van der Waals surface area contributed by atoms with Crippen molar-refractivity contribution >= 4 is 17.9 Å². The molecule has 0 saturated heterocycles. The van der Waals surface area contributed by atoms with Gasteiger partial charge in [0.25, 0.3) is 0 Å². The third-order valence-corrected chi connectivity index (χ3v) is 13.0. The van der Waals surface area contributed by atoms with Crippen LogP contribution >= 0.6 is 0 Å². The Balaban J connectivity index is 4.48. The van der Waals surface area contributed by atoms with Crippen molar-refractivity contribution in [2.24, 2.45) is 0 Å². The molecular weight excluding hydrogens is 973 g/mol. The summed E-state index contributed by atoms with van der Waals surface area (Å²) in [6.07, 6.45) is 95.4. The van der Waals surface area contributed by atoms with Crippen molar-refractivity contribution in [1.29, 1.82) is 0 Å². The first-order chi connectivity index (χ1) is 39.0. The SMILES string of the molecule is CC/C=C\C/C=C\C/C=C\C/C=C\C/C=C\C/C=C\C/C=C\CCCC(=O)OC(COC(=O)CCCCC/C=C\C/C=C\C/C=C\CC)COC(=O)CCCCCCCCCCCC/C=C\C/C=C\C/C=C\CCCCCCC. The van der Waals surface area contributed by atoms with Gasteiger partial charge in [-0.05, 0) is 141 Å². The highest BCUT2D eigenvalue weighted by atomic mass is 16.6. The van der Waals surface area contributed by atoms with E-state index < -0.39 is 6.10 Å². The molecule has 0 aromatic heterocycles. The number of esters is 3. The number of unbranched alkanes of at least 4 members (excludes halogenated alkanes) is 19. The summed E-state index contributed by atoms with van der Waals surface area (Å²) in [6.45, 7) is 6.32. The molecule has 0 spiro atoms. The highest BCUT2D eigenvalue weighted by Crippen LogP contribution is 2.14. The Morgan fingerprint density at radius 1 is 0.266 bits per heavy atom. The lowest BCUT2D eigenvalue weighted by Gasteiger charge is -2.18. The van der Waals surface area contributed by atoms with Crippen molar-refractivity contribution in [3.63, 3.8) is 0 Å². The minimum atomic E-state index is -0.832. The van der Waals surface area contributed by atoms with Crippen molar-refractivity contribution in [2.45, 2.75) is 271 Å². The number of hydrogen-bond acceptors (Lipinski definition) is 6. The molecule has 444 valence electrons. The first-order valence-corrected chi connectivity index (χ1v) is 32.0. The van der Waals surface area contributed by atoms with E-state index in [1.807, 2.05) is 0 Å². The van der Waals surface area contributed by atoms with Crippen LogP contribution in [0.4, 0.5) is 0 Å². The number of carbonyl (C=O) groups excluding carboxylic acids is 3. The maximum Gasteiger partial charge on any atom is 0.306 e. The molecule has 0 rings (SSSR count). The standard InChI is InChI=1S/C73H116O6/c1-4-7-10-13-16-19-22-25-27-29-31-33-35-36-38-39-41-43-45-48-51-54-57-60-63-66-72(75)78-69-70(68-77-71(74)65-62-59-56-53-50-47-24-21-18-15-12-9-6-3)79-73(76)67-64-61-58-55-52-49-46-44-42-40-37-34-32-30-28-26-23-20-17-14-11-8-5-2/h8-9,11-12,17-18,20-22,25-26,28-29,31-32,34-36,40,42,46-47,49-50,55,58,70H,4-7,10,13-16,19,23-24,27,30,33,37-39,41,43-45,48,51-54,56-57,59-69H2,1-3H3/b11-8-,12-9-,20-17-,21-18-,25-22-,28-26-,31-29-,34-32-,36-35-,42-40-,49-46-,50-47-,58-55-. The molecule has 6 heteroatoms. The van der Waals surface area contributed by atoms with E-state index in [9.17, 15) is 14.4 Å². The summed E-state index contributed by atoms with van der Waals surface area (Å²) >= 11 is 0. The Labute approximate surface area is 486 Å². The molecular formula is C73H116O6. The molecule has 0 N–H and O–H groups in total. The molecule has 0 aliphatic rings. The number of rotatable bonds is 56. The average molecular weight is 1090 g/mol. The summed E-state index contributed by atoms with van der Waals surface area (Å²) in [7, 11) is 0. The molecule has 0 bridgehead atoms. The van der Waals surface area contributed by atoms with Crippen LogP contribution in [-0.2, 0) is 28.6 Å². The largest absolute Gasteiger partial charge is 0.462 e. The zero-order chi connectivity index (χ0) is 57.1. The van der Waals surface area contributed by atoms with E-state index in [2.05, 4.69) is 179 Å². The average Bonchev–Trinajstić information content (AvgIpc) is 3.45. The van der Waals surface area contributed by atoms with Crippen LogP contribution in [-0.4, -0.2) is 37.2 Å². The molecule has 0 fully saturated rings. The second-order valence-corrected chi connectivity index (χ2v) is 20.5. The predicted octanol–water partition coefficient (Wildman–Crippen LogP) is 22.1. The van der Waals surface area contributed by atoms with Crippen LogP contribution < -0.4 is 0 Å². The highest BCUT2D eigenvalue weighted by Gasteiger charge is 2.19. The third kappa shape index (κ3) is 63.7. The van der Waals surface area contributed by atoms with Crippen molar-refractivity contribution < 1.29 is 28.6 Å². The number of allylic oxidation sites excluding steroid dienone is 26. The Morgan fingerprint density at radius 3 is 0.823 bits per heavy atom. The number of ether oxygens (including phenoxy) is 3. The van der Waals surface area contributed by atoms with Crippen molar-refractivity contribution in [1.82, 2.24) is 0 Å². The predicted molar refractivity (Wildman–Crippen MR) is 343 cm³/mol. The Morgan fingerprint density at radius 2 is 0.506 bits per heavy atom. The van der Waals surface area contributed by atoms with Crippen LogP contribution in [0.2, 0.25) is 0 Å². The van der Waals surface area contributed by atoms with Gasteiger partial charge in [0.05, 0.1) is 0 Å². The van der Waals surface area contributed by atoms with Crippen LogP contribution in [0.1, 0.15) is 265 Å². The molecule has 0 aliphatic carbocycles. The van der Waals surface area contributed by atoms with Gasteiger partial charge in [-0.15, -0.1) is 0 Å². The summed E-state index contributed by atoms with van der Waals surface area (Å²) < 4.78 is 16.8. The zero-order valence-electron chi connectivity index (χ0n) is 50.8. The fourth-order valence-corrected chi connectivity index (χ4v) is 8.28. The van der Waals surface area contributed by atoms with Gasteiger partial charge in [0.1, 0.15) is 13.2 Å². The molecule has 0 saturated carbocycles. The molecule has 0 aromatic carbocycles. The summed E-state index contributed by atoms with van der Waals surface area (Å²) in [5.41, 5.74) is 0. The van der Waals surface area contributed by atoms with Gasteiger partial charge in [-0.2, -0.15) is 0 Å². The fraction of sp³-hybridized carbons (Fsp3) is 0.603. The van der Waals surface area contributed by atoms with Gasteiger partial charge < -0.3 is 14.2 Å². The van der Waals surface area contributed by atoms with Gasteiger partial charge in [0.2, 0.25) is 0 Å². The minimum absolute atomic E-state index is 0.119. The topological polar surface area (TPSA) is 78.9 Å². The van der Waals surface area contributed by atoms with E-state index in [4.69, 9.17) is 14.2 Å². The Hall–Kier alpha value is -4.97. The molecule has 1 unspecified atom stereocenters. The normalized spacial score (nSPS) is 13.2. The first kappa shape index (κ1) is 74.0. The van der Waals surface area contributed by atoms with E-state index in [1.54, 1.807) is 0 Å². The van der Waals surface area contributed by atoms with Crippen molar-refractivity contribution in [3.8, 4) is 0 Å². The molecule has 1 atom stereocenters. The van der Waals surface area contributed by atoms with Gasteiger partial charge in [0.15, 0.2) is 6.10 Å². The summed E-state index contributed by atoms with van der Waals surface area (Å²) in [5.74, 6) is -1.02. The lowest BCUT2D eigenvalue weighted by molar-refractivity contribution is -0.167. The lowest BCUT2D eigenvalue weighted by atomic mass is 10.1. The van der Waals surface area contributed by atoms with Crippen LogP contribution in [0.25, 0.3) is 0 Å². The van der Waals surface area contributed by atoms with Crippen LogP contribution in [0.5, 0.6) is 0 Å². The zero-order valence-corrected chi connectivity index (χ0v) is 50.8. The first-order valence-electron chi connectivity index (χ1n) is 32.0. The van der Waals surface area contributed by atoms with E-state index in [1.165, 1.54) is 89.9 Å². The van der Waals surface area contributed by atoms with Gasteiger partial charge in [-0.3, -0.25) is 14.4 Å². The van der Waals surface area contributed by atoms with Crippen LogP contribution in [0.15, 0.2) is 158 Å². The number of carbonyl (C=O) groups is 3. The molecule has 6 nitrogen and oxygen atoms in total. The monoisotopic (exact) mass is 1090 g/mol. The van der Waals surface area contributed by atoms with E-state index in [0.29, 0.717) is 19.3 Å². The van der Waals surface area contributed by atoms with Crippen LogP contribution in [0.3, 0.4) is 0 Å². The van der Waals surface area contributed by atoms with Gasteiger partial charge in [0, 0.05) is 19.3 Å². The number of hydrogen-bond donors (Lipinski definition) is 0. The summed E-state index contributed by atoms with van der Waals surface area (Å²) in [5, 5.41) is 0. The summed E-state index contributed by atoms with van der Waals surface area (Å²) in [6, 6.07) is 0. The van der Waals surface area contributed by atoms with E-state index >= 15 is 0 Å². The molecule has 0 amide bonds. The van der Waals surface area contributed by atoms with E-state index in [0.717, 1.165) is 128 Å². The van der Waals surface area contributed by atoms with Crippen molar-refractivity contribution in [3.05, 3.63) is 158 Å². The molecule has 0 aromatic rings.